The van der Waals surface area contributed by atoms with Gasteiger partial charge in [-0.2, -0.15) is 5.10 Å². The van der Waals surface area contributed by atoms with Crippen molar-refractivity contribution in [2.75, 3.05) is 0 Å². The number of rotatable bonds is 2. The molecule has 82 valence electrons. The van der Waals surface area contributed by atoms with Crippen LogP contribution < -0.4 is 0 Å². The standard InChI is InChI=1S/C11H9BrN2O2/c1-14-6-7(5-13-14)11(16)9-4-8(12)2-3-10(9)15/h2-6,15H,1H3. The van der Waals surface area contributed by atoms with Crippen LogP contribution in [0.4, 0.5) is 0 Å². The second kappa shape index (κ2) is 4.09. The number of hydrogen-bond acceptors (Lipinski definition) is 3. The van der Waals surface area contributed by atoms with Crippen LogP contribution in [0.5, 0.6) is 5.75 Å². The quantitative estimate of drug-likeness (QED) is 0.858. The Morgan fingerprint density at radius 1 is 1.50 bits per heavy atom. The lowest BCUT2D eigenvalue weighted by Gasteiger charge is -2.02. The van der Waals surface area contributed by atoms with Crippen LogP contribution in [0, 0.1) is 0 Å². The maximum atomic E-state index is 12.0. The summed E-state index contributed by atoms with van der Waals surface area (Å²) in [4.78, 5) is 12.0. The van der Waals surface area contributed by atoms with Crippen molar-refractivity contribution in [1.82, 2.24) is 9.78 Å². The van der Waals surface area contributed by atoms with Crippen LogP contribution in [0.2, 0.25) is 0 Å². The van der Waals surface area contributed by atoms with Gasteiger partial charge in [-0.3, -0.25) is 9.48 Å². The average Bonchev–Trinajstić information content (AvgIpc) is 2.67. The predicted molar refractivity (Wildman–Crippen MR) is 62.4 cm³/mol. The van der Waals surface area contributed by atoms with E-state index in [1.54, 1.807) is 30.1 Å². The van der Waals surface area contributed by atoms with Gasteiger partial charge in [0.25, 0.3) is 0 Å². The highest BCUT2D eigenvalue weighted by Crippen LogP contribution is 2.24. The molecular formula is C11H9BrN2O2. The number of phenolic OH excluding ortho intramolecular Hbond substituents is 1. The molecule has 1 aromatic carbocycles. The maximum Gasteiger partial charge on any atom is 0.199 e. The Bertz CT molecular complexity index is 549. The number of aryl methyl sites for hydroxylation is 1. The van der Waals surface area contributed by atoms with E-state index in [9.17, 15) is 9.90 Å². The Kier molecular flexibility index (Phi) is 2.78. The topological polar surface area (TPSA) is 55.1 Å². The van der Waals surface area contributed by atoms with Crippen LogP contribution in [0.25, 0.3) is 0 Å². The molecule has 0 aliphatic rings. The molecule has 0 bridgehead atoms. The molecule has 1 heterocycles. The van der Waals surface area contributed by atoms with Crippen LogP contribution >= 0.6 is 15.9 Å². The van der Waals surface area contributed by atoms with Crippen LogP contribution in [-0.2, 0) is 7.05 Å². The molecule has 0 aliphatic heterocycles. The van der Waals surface area contributed by atoms with E-state index in [2.05, 4.69) is 21.0 Å². The summed E-state index contributed by atoms with van der Waals surface area (Å²) in [6, 6.07) is 4.74. The number of nitrogens with zero attached hydrogens (tertiary/aromatic N) is 2. The van der Waals surface area contributed by atoms with Crippen molar-refractivity contribution in [1.29, 1.82) is 0 Å². The highest BCUT2D eigenvalue weighted by molar-refractivity contribution is 9.10. The van der Waals surface area contributed by atoms with Crippen LogP contribution in [0.1, 0.15) is 15.9 Å². The second-order valence-corrected chi connectivity index (χ2v) is 4.31. The smallest absolute Gasteiger partial charge is 0.199 e. The van der Waals surface area contributed by atoms with Gasteiger partial charge in [0.2, 0.25) is 0 Å². The zero-order chi connectivity index (χ0) is 11.7. The number of carbonyl (C=O) groups excluding carboxylic acids is 1. The second-order valence-electron chi connectivity index (χ2n) is 3.39. The Morgan fingerprint density at radius 3 is 2.88 bits per heavy atom. The lowest BCUT2D eigenvalue weighted by molar-refractivity contribution is 0.103. The van der Waals surface area contributed by atoms with Gasteiger partial charge in [0.15, 0.2) is 5.78 Å². The number of aromatic hydroxyl groups is 1. The lowest BCUT2D eigenvalue weighted by atomic mass is 10.1. The highest BCUT2D eigenvalue weighted by Gasteiger charge is 2.15. The van der Waals surface area contributed by atoms with Gasteiger partial charge < -0.3 is 5.11 Å². The highest BCUT2D eigenvalue weighted by atomic mass is 79.9. The number of carbonyl (C=O) groups is 1. The normalized spacial score (nSPS) is 10.4. The maximum absolute atomic E-state index is 12.0. The summed E-state index contributed by atoms with van der Waals surface area (Å²) in [6.07, 6.45) is 3.09. The van der Waals surface area contributed by atoms with E-state index >= 15 is 0 Å². The van der Waals surface area contributed by atoms with Gasteiger partial charge in [0, 0.05) is 17.7 Å². The van der Waals surface area contributed by atoms with E-state index in [4.69, 9.17) is 0 Å². The summed E-state index contributed by atoms with van der Waals surface area (Å²) in [7, 11) is 1.73. The Labute approximate surface area is 101 Å². The molecule has 4 nitrogen and oxygen atoms in total. The molecule has 1 N–H and O–H groups in total. The van der Waals surface area contributed by atoms with Gasteiger partial charge in [-0.05, 0) is 18.2 Å². The van der Waals surface area contributed by atoms with Crippen molar-refractivity contribution < 1.29 is 9.90 Å². The SMILES string of the molecule is Cn1cc(C(=O)c2cc(Br)ccc2O)cn1. The minimum absolute atomic E-state index is 0.0305. The van der Waals surface area contributed by atoms with E-state index in [1.807, 2.05) is 0 Å². The fourth-order valence-corrected chi connectivity index (χ4v) is 1.75. The molecule has 0 atom stereocenters. The fraction of sp³-hybridized carbons (Fsp3) is 0.0909. The van der Waals surface area contributed by atoms with Crippen LogP contribution in [0.3, 0.4) is 0 Å². The average molecular weight is 281 g/mol. The van der Waals surface area contributed by atoms with E-state index in [-0.39, 0.29) is 17.1 Å². The van der Waals surface area contributed by atoms with Crippen molar-refractivity contribution in [3.8, 4) is 5.75 Å². The van der Waals surface area contributed by atoms with E-state index in [0.717, 1.165) is 4.47 Å². The molecule has 0 amide bonds. The number of hydrogen-bond donors (Lipinski definition) is 1. The van der Waals surface area contributed by atoms with Gasteiger partial charge in [-0.25, -0.2) is 0 Å². The van der Waals surface area contributed by atoms with Gasteiger partial charge in [-0.1, -0.05) is 15.9 Å². The fourth-order valence-electron chi connectivity index (χ4n) is 1.38. The van der Waals surface area contributed by atoms with Crippen LogP contribution in [0.15, 0.2) is 35.1 Å². The third kappa shape index (κ3) is 1.99. The van der Waals surface area contributed by atoms with Crippen LogP contribution in [-0.4, -0.2) is 20.7 Å². The summed E-state index contributed by atoms with van der Waals surface area (Å²) >= 11 is 3.26. The minimum Gasteiger partial charge on any atom is -0.507 e. The number of phenols is 1. The summed E-state index contributed by atoms with van der Waals surface area (Å²) in [5.41, 5.74) is 0.721. The molecule has 0 radical (unpaired) electrons. The Hall–Kier alpha value is -1.62. The van der Waals surface area contributed by atoms with Gasteiger partial charge in [-0.15, -0.1) is 0 Å². The Balaban J connectivity index is 2.45. The summed E-state index contributed by atoms with van der Waals surface area (Å²) in [5, 5.41) is 13.5. The summed E-state index contributed by atoms with van der Waals surface area (Å²) in [6.45, 7) is 0. The number of halogens is 1. The van der Waals surface area contributed by atoms with Crippen molar-refractivity contribution in [3.63, 3.8) is 0 Å². The van der Waals surface area contributed by atoms with Gasteiger partial charge in [0.1, 0.15) is 5.75 Å². The zero-order valence-electron chi connectivity index (χ0n) is 8.51. The number of benzene rings is 1. The first-order valence-corrected chi connectivity index (χ1v) is 5.39. The van der Waals surface area contributed by atoms with Gasteiger partial charge in [0.05, 0.1) is 17.3 Å². The molecule has 1 aromatic heterocycles. The molecule has 0 saturated carbocycles. The first-order chi connectivity index (χ1) is 7.58. The van der Waals surface area contributed by atoms with Crippen molar-refractivity contribution in [3.05, 3.63) is 46.2 Å². The molecule has 0 spiro atoms. The summed E-state index contributed by atoms with van der Waals surface area (Å²) in [5.74, 6) is -0.274. The first kappa shape index (κ1) is 10.9. The van der Waals surface area contributed by atoms with E-state index in [1.165, 1.54) is 12.3 Å². The lowest BCUT2D eigenvalue weighted by Crippen LogP contribution is -2.00. The molecule has 2 rings (SSSR count). The van der Waals surface area contributed by atoms with Gasteiger partial charge >= 0.3 is 0 Å². The molecule has 0 unspecified atom stereocenters. The minimum atomic E-state index is -0.244. The number of ketones is 1. The molecule has 5 heteroatoms. The zero-order valence-corrected chi connectivity index (χ0v) is 10.1. The van der Waals surface area contributed by atoms with Crippen molar-refractivity contribution in [2.45, 2.75) is 0 Å². The molecule has 0 fully saturated rings. The third-order valence-corrected chi connectivity index (χ3v) is 2.66. The predicted octanol–water partition coefficient (Wildman–Crippen LogP) is 2.12. The van der Waals surface area contributed by atoms with E-state index < -0.39 is 0 Å². The first-order valence-electron chi connectivity index (χ1n) is 4.60. The van der Waals surface area contributed by atoms with E-state index in [0.29, 0.717) is 5.56 Å². The van der Waals surface area contributed by atoms with Crippen molar-refractivity contribution in [2.24, 2.45) is 7.05 Å². The molecule has 0 saturated heterocycles. The number of aromatic nitrogens is 2. The third-order valence-electron chi connectivity index (χ3n) is 2.17. The van der Waals surface area contributed by atoms with Crippen molar-refractivity contribution >= 4 is 21.7 Å². The largest absolute Gasteiger partial charge is 0.507 e. The molecular weight excluding hydrogens is 272 g/mol. The monoisotopic (exact) mass is 280 g/mol. The summed E-state index contributed by atoms with van der Waals surface area (Å²) < 4.78 is 2.29. The molecule has 0 aliphatic carbocycles. The molecule has 16 heavy (non-hydrogen) atoms. The molecule has 2 aromatic rings. The Morgan fingerprint density at radius 2 is 2.25 bits per heavy atom.